The molecule has 0 unspecified atom stereocenters. The fourth-order valence-corrected chi connectivity index (χ4v) is 2.80. The Bertz CT molecular complexity index is 1080. The van der Waals surface area contributed by atoms with Crippen LogP contribution in [-0.4, -0.2) is 19.7 Å². The molecule has 0 spiro atoms. The van der Waals surface area contributed by atoms with Crippen molar-refractivity contribution in [2.75, 3.05) is 0 Å². The molecule has 0 atom stereocenters. The third-order valence-corrected chi connectivity index (χ3v) is 3.93. The number of hydrogen-bond acceptors (Lipinski definition) is 3. The molecule has 0 aliphatic carbocycles. The predicted octanol–water partition coefficient (Wildman–Crippen LogP) is 2.53. The van der Waals surface area contributed by atoms with E-state index in [1.54, 1.807) is 30.7 Å². The van der Waals surface area contributed by atoms with Gasteiger partial charge < -0.3 is 0 Å². The third-order valence-electron chi connectivity index (χ3n) is 3.93. The zero-order chi connectivity index (χ0) is 15.8. The van der Waals surface area contributed by atoms with Crippen LogP contribution in [0.2, 0.25) is 0 Å². The van der Waals surface area contributed by atoms with Crippen LogP contribution in [0.25, 0.3) is 16.6 Å². The highest BCUT2D eigenvalue weighted by atomic mass is 16.1. The lowest BCUT2D eigenvalue weighted by Crippen LogP contribution is -2.26. The lowest BCUT2D eigenvalue weighted by molar-refractivity contribution is 0.0972. The number of rotatable bonds is 3. The maximum atomic E-state index is 12.8. The summed E-state index contributed by atoms with van der Waals surface area (Å²) in [5, 5.41) is 0.568. The van der Waals surface area contributed by atoms with Gasteiger partial charge in [-0.1, -0.05) is 42.5 Å². The van der Waals surface area contributed by atoms with E-state index in [1.165, 1.54) is 4.57 Å². The highest BCUT2D eigenvalue weighted by Gasteiger charge is 2.14. The molecule has 0 aliphatic rings. The summed E-state index contributed by atoms with van der Waals surface area (Å²) < 4.78 is 3.31. The molecule has 0 aliphatic heterocycles. The first-order valence-electron chi connectivity index (χ1n) is 7.27. The number of carbonyl (C=O) groups is 1. The molecule has 2 aromatic heterocycles. The molecule has 112 valence electrons. The first-order chi connectivity index (χ1) is 11.3. The minimum atomic E-state index is -0.183. The maximum Gasteiger partial charge on any atom is 0.262 e. The van der Waals surface area contributed by atoms with Gasteiger partial charge in [-0.25, -0.2) is 4.98 Å². The van der Waals surface area contributed by atoms with E-state index >= 15 is 0 Å². The van der Waals surface area contributed by atoms with Crippen LogP contribution in [0.1, 0.15) is 10.4 Å². The van der Waals surface area contributed by atoms with E-state index < -0.39 is 0 Å². The number of hydrogen-bond donors (Lipinski definition) is 0. The molecule has 0 bridgehead atoms. The Balaban J connectivity index is 1.92. The summed E-state index contributed by atoms with van der Waals surface area (Å²) in [6, 6.07) is 16.3. The van der Waals surface area contributed by atoms with Gasteiger partial charge in [-0.3, -0.25) is 18.6 Å². The Hall–Kier alpha value is -3.21. The number of fused-ring (bicyclic) bond motifs is 3. The van der Waals surface area contributed by atoms with Gasteiger partial charge in [0.25, 0.3) is 5.56 Å². The lowest BCUT2D eigenvalue weighted by Gasteiger charge is -2.10. The Morgan fingerprint density at radius 2 is 1.74 bits per heavy atom. The van der Waals surface area contributed by atoms with Crippen LogP contribution >= 0.6 is 0 Å². The molecule has 23 heavy (non-hydrogen) atoms. The van der Waals surface area contributed by atoms with Gasteiger partial charge in [-0.05, 0) is 12.1 Å². The molecule has 0 fully saturated rings. The SMILES string of the molecule is O=C(Cn1c(=O)c2ccccc2n2cncc12)c1ccccc1. The summed E-state index contributed by atoms with van der Waals surface area (Å²) in [4.78, 5) is 29.4. The number of imidazole rings is 1. The molecular formula is C18H13N3O2. The summed E-state index contributed by atoms with van der Waals surface area (Å²) in [7, 11) is 0. The van der Waals surface area contributed by atoms with Gasteiger partial charge in [0.15, 0.2) is 5.78 Å². The lowest BCUT2D eigenvalue weighted by atomic mass is 10.1. The van der Waals surface area contributed by atoms with Gasteiger partial charge in [0, 0.05) is 5.56 Å². The van der Waals surface area contributed by atoms with E-state index in [0.29, 0.717) is 16.6 Å². The van der Waals surface area contributed by atoms with Crippen molar-refractivity contribution < 1.29 is 4.79 Å². The van der Waals surface area contributed by atoms with Crippen molar-refractivity contribution in [2.24, 2.45) is 0 Å². The molecule has 2 heterocycles. The van der Waals surface area contributed by atoms with Gasteiger partial charge in [0.1, 0.15) is 12.0 Å². The molecule has 4 aromatic rings. The van der Waals surface area contributed by atoms with Crippen LogP contribution in [0.5, 0.6) is 0 Å². The fraction of sp³-hybridized carbons (Fsp3) is 0.0556. The predicted molar refractivity (Wildman–Crippen MR) is 87.7 cm³/mol. The van der Waals surface area contributed by atoms with Crippen molar-refractivity contribution in [3.8, 4) is 0 Å². The summed E-state index contributed by atoms with van der Waals surface area (Å²) in [6.07, 6.45) is 3.26. The van der Waals surface area contributed by atoms with Crippen molar-refractivity contribution in [3.05, 3.63) is 83.0 Å². The monoisotopic (exact) mass is 303 g/mol. The summed E-state index contributed by atoms with van der Waals surface area (Å²) in [5.74, 6) is -0.105. The van der Waals surface area contributed by atoms with E-state index in [-0.39, 0.29) is 17.9 Å². The summed E-state index contributed by atoms with van der Waals surface area (Å²) in [5.41, 5.74) is 1.80. The Labute approximate surface area is 131 Å². The minimum Gasteiger partial charge on any atom is -0.292 e. The fourth-order valence-electron chi connectivity index (χ4n) is 2.80. The van der Waals surface area contributed by atoms with Gasteiger partial charge >= 0.3 is 0 Å². The van der Waals surface area contributed by atoms with E-state index in [9.17, 15) is 9.59 Å². The highest BCUT2D eigenvalue weighted by molar-refractivity contribution is 5.96. The van der Waals surface area contributed by atoms with Crippen LogP contribution in [0.15, 0.2) is 71.9 Å². The molecule has 0 N–H and O–H groups in total. The Morgan fingerprint density at radius 1 is 1.00 bits per heavy atom. The zero-order valence-electron chi connectivity index (χ0n) is 12.2. The first-order valence-corrected chi connectivity index (χ1v) is 7.27. The van der Waals surface area contributed by atoms with Crippen molar-refractivity contribution in [3.63, 3.8) is 0 Å². The Kier molecular flexibility index (Phi) is 3.05. The van der Waals surface area contributed by atoms with Crippen molar-refractivity contribution in [1.29, 1.82) is 0 Å². The van der Waals surface area contributed by atoms with Crippen molar-refractivity contribution >= 4 is 22.3 Å². The van der Waals surface area contributed by atoms with Crippen LogP contribution in [0.3, 0.4) is 0 Å². The zero-order valence-corrected chi connectivity index (χ0v) is 12.2. The molecule has 5 heteroatoms. The standard InChI is InChI=1S/C18H13N3O2/c22-16(13-6-2-1-3-7-13)11-20-17-10-19-12-21(17)15-9-5-4-8-14(15)18(20)23/h1-10,12H,11H2. The van der Waals surface area contributed by atoms with E-state index in [0.717, 1.165) is 5.52 Å². The maximum absolute atomic E-state index is 12.8. The number of carbonyl (C=O) groups excluding carboxylic acids is 1. The molecule has 0 amide bonds. The summed E-state index contributed by atoms with van der Waals surface area (Å²) in [6.45, 7) is -0.0110. The van der Waals surface area contributed by atoms with Crippen LogP contribution in [-0.2, 0) is 6.54 Å². The van der Waals surface area contributed by atoms with E-state index in [4.69, 9.17) is 0 Å². The number of aromatic nitrogens is 3. The first kappa shape index (κ1) is 13.5. The molecule has 0 saturated carbocycles. The topological polar surface area (TPSA) is 56.4 Å². The largest absolute Gasteiger partial charge is 0.292 e. The second-order valence-electron chi connectivity index (χ2n) is 5.32. The molecule has 0 saturated heterocycles. The van der Waals surface area contributed by atoms with Crippen LogP contribution in [0, 0.1) is 0 Å². The van der Waals surface area contributed by atoms with Gasteiger partial charge in [-0.15, -0.1) is 0 Å². The van der Waals surface area contributed by atoms with Gasteiger partial charge in [0.2, 0.25) is 0 Å². The van der Waals surface area contributed by atoms with Gasteiger partial charge in [0.05, 0.1) is 23.6 Å². The molecule has 5 nitrogen and oxygen atoms in total. The average molecular weight is 303 g/mol. The van der Waals surface area contributed by atoms with Crippen LogP contribution < -0.4 is 5.56 Å². The molecule has 4 rings (SSSR count). The molecule has 0 radical (unpaired) electrons. The van der Waals surface area contributed by atoms with E-state index in [1.807, 2.05) is 40.8 Å². The van der Waals surface area contributed by atoms with Crippen LogP contribution in [0.4, 0.5) is 0 Å². The number of nitrogens with zero attached hydrogens (tertiary/aromatic N) is 3. The smallest absolute Gasteiger partial charge is 0.262 e. The number of para-hydroxylation sites is 1. The van der Waals surface area contributed by atoms with Crippen molar-refractivity contribution in [2.45, 2.75) is 6.54 Å². The second-order valence-corrected chi connectivity index (χ2v) is 5.32. The highest BCUT2D eigenvalue weighted by Crippen LogP contribution is 2.13. The molecule has 2 aromatic carbocycles. The van der Waals surface area contributed by atoms with Crippen molar-refractivity contribution in [1.82, 2.24) is 14.0 Å². The minimum absolute atomic E-state index is 0.0110. The molecular weight excluding hydrogens is 290 g/mol. The normalized spacial score (nSPS) is 11.1. The number of Topliss-reactive ketones (excluding diaryl/α,β-unsaturated/α-hetero) is 1. The quantitative estimate of drug-likeness (QED) is 0.546. The summed E-state index contributed by atoms with van der Waals surface area (Å²) >= 11 is 0. The van der Waals surface area contributed by atoms with E-state index in [2.05, 4.69) is 4.98 Å². The van der Waals surface area contributed by atoms with Gasteiger partial charge in [-0.2, -0.15) is 0 Å². The second kappa shape index (κ2) is 5.21. The number of ketones is 1. The number of benzene rings is 2. The average Bonchev–Trinajstić information content (AvgIpc) is 3.09. The third kappa shape index (κ3) is 2.14. The Morgan fingerprint density at radius 3 is 2.57 bits per heavy atom.